The number of carbonyl (C=O) groups is 1. The molecular weight excluding hydrogens is 266 g/mol. The van der Waals surface area contributed by atoms with Gasteiger partial charge in [-0.2, -0.15) is 0 Å². The van der Waals surface area contributed by atoms with Gasteiger partial charge in [0.2, 0.25) is 0 Å². The second kappa shape index (κ2) is 5.52. The highest BCUT2D eigenvalue weighted by atomic mass is 16.5. The Balaban J connectivity index is 1.94. The Kier molecular flexibility index (Phi) is 3.56. The molecule has 5 heteroatoms. The Labute approximate surface area is 123 Å². The number of rotatable bonds is 2. The zero-order valence-corrected chi connectivity index (χ0v) is 12.2. The van der Waals surface area contributed by atoms with E-state index in [9.17, 15) is 4.79 Å². The lowest BCUT2D eigenvalue weighted by Crippen LogP contribution is -2.36. The zero-order valence-electron chi connectivity index (χ0n) is 12.2. The third-order valence-electron chi connectivity index (χ3n) is 3.65. The van der Waals surface area contributed by atoms with Crippen molar-refractivity contribution in [2.45, 2.75) is 19.8 Å². The number of ether oxygens (including phenoxy) is 1. The van der Waals surface area contributed by atoms with Crippen LogP contribution >= 0.6 is 0 Å². The summed E-state index contributed by atoms with van der Waals surface area (Å²) < 4.78 is 5.25. The second-order valence-electron chi connectivity index (χ2n) is 5.10. The minimum atomic E-state index is -0.103. The number of hydrogen-bond donors (Lipinski definition) is 0. The predicted octanol–water partition coefficient (Wildman–Crippen LogP) is 2.39. The molecule has 0 N–H and O–H groups in total. The summed E-state index contributed by atoms with van der Waals surface area (Å²) >= 11 is 0. The van der Waals surface area contributed by atoms with E-state index >= 15 is 0 Å². The fourth-order valence-corrected chi connectivity index (χ4v) is 2.55. The topological polar surface area (TPSA) is 55.3 Å². The van der Waals surface area contributed by atoms with Crippen LogP contribution in [0.15, 0.2) is 30.6 Å². The van der Waals surface area contributed by atoms with Gasteiger partial charge in [0.05, 0.1) is 19.0 Å². The molecule has 21 heavy (non-hydrogen) atoms. The minimum absolute atomic E-state index is 0.103. The van der Waals surface area contributed by atoms with E-state index in [-0.39, 0.29) is 5.91 Å². The number of anilines is 1. The molecule has 2 aromatic rings. The summed E-state index contributed by atoms with van der Waals surface area (Å²) in [7, 11) is 1.65. The first-order chi connectivity index (χ1) is 10.2. The van der Waals surface area contributed by atoms with Crippen molar-refractivity contribution in [1.82, 2.24) is 9.97 Å². The SMILES string of the molecule is COc1ccc2c(c1)CCCN2C(=O)c1cnc(C)cn1. The van der Waals surface area contributed by atoms with Crippen molar-refractivity contribution in [2.75, 3.05) is 18.6 Å². The van der Waals surface area contributed by atoms with Crippen molar-refractivity contribution in [3.05, 3.63) is 47.5 Å². The summed E-state index contributed by atoms with van der Waals surface area (Å²) in [5, 5.41) is 0. The molecule has 0 radical (unpaired) electrons. The van der Waals surface area contributed by atoms with Gasteiger partial charge in [-0.15, -0.1) is 0 Å². The largest absolute Gasteiger partial charge is 0.497 e. The first kappa shape index (κ1) is 13.5. The maximum absolute atomic E-state index is 12.6. The van der Waals surface area contributed by atoms with E-state index in [1.165, 1.54) is 6.20 Å². The maximum Gasteiger partial charge on any atom is 0.278 e. The fourth-order valence-electron chi connectivity index (χ4n) is 2.55. The van der Waals surface area contributed by atoms with Crippen molar-refractivity contribution >= 4 is 11.6 Å². The van der Waals surface area contributed by atoms with E-state index in [1.807, 2.05) is 25.1 Å². The molecule has 0 fully saturated rings. The van der Waals surface area contributed by atoms with Gasteiger partial charge < -0.3 is 9.64 Å². The van der Waals surface area contributed by atoms with E-state index in [4.69, 9.17) is 4.74 Å². The lowest BCUT2D eigenvalue weighted by Gasteiger charge is -2.29. The molecule has 5 nitrogen and oxygen atoms in total. The standard InChI is InChI=1S/C16H17N3O2/c1-11-9-18-14(10-17-11)16(20)19-7-3-4-12-8-13(21-2)5-6-15(12)19/h5-6,8-10H,3-4,7H2,1-2H3. The molecule has 0 unspecified atom stereocenters. The Morgan fingerprint density at radius 3 is 2.86 bits per heavy atom. The Morgan fingerprint density at radius 1 is 1.29 bits per heavy atom. The first-order valence-corrected chi connectivity index (χ1v) is 6.96. The predicted molar refractivity (Wildman–Crippen MR) is 79.8 cm³/mol. The third-order valence-corrected chi connectivity index (χ3v) is 3.65. The zero-order chi connectivity index (χ0) is 14.8. The molecule has 2 heterocycles. The van der Waals surface area contributed by atoms with Crippen LogP contribution in [-0.2, 0) is 6.42 Å². The summed E-state index contributed by atoms with van der Waals surface area (Å²) in [5.74, 6) is 0.715. The number of methoxy groups -OCH3 is 1. The van der Waals surface area contributed by atoms with Crippen LogP contribution in [0.1, 0.15) is 28.2 Å². The molecule has 108 valence electrons. The van der Waals surface area contributed by atoms with Crippen molar-refractivity contribution < 1.29 is 9.53 Å². The van der Waals surface area contributed by atoms with Crippen LogP contribution in [0.3, 0.4) is 0 Å². The molecule has 1 aliphatic heterocycles. The van der Waals surface area contributed by atoms with Crippen molar-refractivity contribution in [3.63, 3.8) is 0 Å². The molecular formula is C16H17N3O2. The van der Waals surface area contributed by atoms with Crippen molar-refractivity contribution in [3.8, 4) is 5.75 Å². The van der Waals surface area contributed by atoms with Gasteiger partial charge in [0.15, 0.2) is 0 Å². The lowest BCUT2D eigenvalue weighted by molar-refractivity contribution is 0.0980. The van der Waals surface area contributed by atoms with Crippen LogP contribution in [0.2, 0.25) is 0 Å². The molecule has 1 amide bonds. The quantitative estimate of drug-likeness (QED) is 0.849. The van der Waals surface area contributed by atoms with Crippen LogP contribution in [0.4, 0.5) is 5.69 Å². The minimum Gasteiger partial charge on any atom is -0.497 e. The van der Waals surface area contributed by atoms with Gasteiger partial charge in [-0.3, -0.25) is 9.78 Å². The van der Waals surface area contributed by atoms with Crippen LogP contribution in [0.25, 0.3) is 0 Å². The number of amides is 1. The summed E-state index contributed by atoms with van der Waals surface area (Å²) in [6.45, 7) is 2.55. The Hall–Kier alpha value is -2.43. The molecule has 1 aromatic heterocycles. The van der Waals surface area contributed by atoms with Gasteiger partial charge in [0.1, 0.15) is 11.4 Å². The number of hydrogen-bond acceptors (Lipinski definition) is 4. The summed E-state index contributed by atoms with van der Waals surface area (Å²) in [5.41, 5.74) is 3.25. The van der Waals surface area contributed by atoms with Gasteiger partial charge >= 0.3 is 0 Å². The van der Waals surface area contributed by atoms with E-state index < -0.39 is 0 Å². The monoisotopic (exact) mass is 283 g/mol. The van der Waals surface area contributed by atoms with Crippen molar-refractivity contribution in [1.29, 1.82) is 0 Å². The van der Waals surface area contributed by atoms with E-state index in [0.29, 0.717) is 12.2 Å². The molecule has 1 aliphatic rings. The second-order valence-corrected chi connectivity index (χ2v) is 5.10. The molecule has 0 atom stereocenters. The van der Waals surface area contributed by atoms with Crippen LogP contribution < -0.4 is 9.64 Å². The molecule has 0 spiro atoms. The average Bonchev–Trinajstić information content (AvgIpc) is 2.53. The van der Waals surface area contributed by atoms with E-state index in [0.717, 1.165) is 35.5 Å². The van der Waals surface area contributed by atoms with E-state index in [2.05, 4.69) is 9.97 Å². The van der Waals surface area contributed by atoms with Crippen LogP contribution in [-0.4, -0.2) is 29.5 Å². The number of nitrogens with zero attached hydrogens (tertiary/aromatic N) is 3. The molecule has 0 aliphatic carbocycles. The molecule has 0 saturated carbocycles. The number of aromatic nitrogens is 2. The summed E-state index contributed by atoms with van der Waals surface area (Å²) in [4.78, 5) is 22.7. The van der Waals surface area contributed by atoms with Crippen LogP contribution in [0.5, 0.6) is 5.75 Å². The number of benzene rings is 1. The lowest BCUT2D eigenvalue weighted by atomic mass is 10.0. The number of fused-ring (bicyclic) bond motifs is 1. The summed E-state index contributed by atoms with van der Waals surface area (Å²) in [6.07, 6.45) is 5.04. The summed E-state index contributed by atoms with van der Waals surface area (Å²) in [6, 6.07) is 5.81. The smallest absolute Gasteiger partial charge is 0.278 e. The molecule has 1 aromatic carbocycles. The fraction of sp³-hybridized carbons (Fsp3) is 0.312. The molecule has 0 bridgehead atoms. The third kappa shape index (κ3) is 2.59. The number of aryl methyl sites for hydroxylation is 2. The van der Waals surface area contributed by atoms with E-state index in [1.54, 1.807) is 18.2 Å². The number of carbonyl (C=O) groups excluding carboxylic acids is 1. The van der Waals surface area contributed by atoms with Gasteiger partial charge in [0.25, 0.3) is 5.91 Å². The highest BCUT2D eigenvalue weighted by molar-refractivity contribution is 6.05. The van der Waals surface area contributed by atoms with Gasteiger partial charge in [0, 0.05) is 18.4 Å². The first-order valence-electron chi connectivity index (χ1n) is 6.96. The Morgan fingerprint density at radius 2 is 2.14 bits per heavy atom. The average molecular weight is 283 g/mol. The van der Waals surface area contributed by atoms with Crippen molar-refractivity contribution in [2.24, 2.45) is 0 Å². The Bertz CT molecular complexity index is 668. The maximum atomic E-state index is 12.6. The highest BCUT2D eigenvalue weighted by Crippen LogP contribution is 2.31. The molecule has 3 rings (SSSR count). The van der Waals surface area contributed by atoms with Gasteiger partial charge in [-0.05, 0) is 43.5 Å². The van der Waals surface area contributed by atoms with Crippen LogP contribution in [0, 0.1) is 6.92 Å². The van der Waals surface area contributed by atoms with Gasteiger partial charge in [-0.25, -0.2) is 4.98 Å². The molecule has 0 saturated heterocycles. The van der Waals surface area contributed by atoms with Gasteiger partial charge in [-0.1, -0.05) is 0 Å². The normalized spacial score (nSPS) is 13.7. The highest BCUT2D eigenvalue weighted by Gasteiger charge is 2.24.